The minimum absolute atomic E-state index is 0.0673. The van der Waals surface area contributed by atoms with E-state index < -0.39 is 0 Å². The Kier molecular flexibility index (Phi) is 6.51. The van der Waals surface area contributed by atoms with Crippen LogP contribution in [-0.4, -0.2) is 30.6 Å². The van der Waals surface area contributed by atoms with Gasteiger partial charge in [0.15, 0.2) is 0 Å². The van der Waals surface area contributed by atoms with Crippen molar-refractivity contribution in [3.8, 4) is 5.75 Å². The van der Waals surface area contributed by atoms with Crippen molar-refractivity contribution in [2.75, 3.05) is 19.8 Å². The van der Waals surface area contributed by atoms with Gasteiger partial charge in [0, 0.05) is 30.8 Å². The molecule has 144 valence electrons. The Hall–Kier alpha value is -2.33. The molecule has 1 amide bonds. The van der Waals surface area contributed by atoms with Gasteiger partial charge in [0.25, 0.3) is 5.91 Å². The highest BCUT2D eigenvalue weighted by atomic mass is 16.5. The molecular formula is C23H29NO3. The molecule has 0 aromatic heterocycles. The van der Waals surface area contributed by atoms with Gasteiger partial charge >= 0.3 is 0 Å². The number of benzene rings is 2. The lowest BCUT2D eigenvalue weighted by Gasteiger charge is -2.29. The van der Waals surface area contributed by atoms with Crippen LogP contribution in [-0.2, 0) is 24.3 Å². The number of nitrogens with zero attached hydrogens (tertiary/aromatic N) is 1. The van der Waals surface area contributed by atoms with E-state index in [0.29, 0.717) is 37.8 Å². The van der Waals surface area contributed by atoms with Crippen LogP contribution < -0.4 is 4.74 Å². The van der Waals surface area contributed by atoms with E-state index in [-0.39, 0.29) is 5.91 Å². The molecule has 27 heavy (non-hydrogen) atoms. The third-order valence-corrected chi connectivity index (χ3v) is 4.73. The fourth-order valence-corrected chi connectivity index (χ4v) is 3.38. The molecule has 3 rings (SSSR count). The predicted octanol–water partition coefficient (Wildman–Crippen LogP) is 4.46. The number of carbonyl (C=O) groups excluding carboxylic acids is 1. The molecule has 1 heterocycles. The van der Waals surface area contributed by atoms with E-state index >= 15 is 0 Å². The smallest absolute Gasteiger partial charge is 0.254 e. The van der Waals surface area contributed by atoms with E-state index in [2.05, 4.69) is 32.0 Å². The molecule has 0 atom stereocenters. The summed E-state index contributed by atoms with van der Waals surface area (Å²) in [5, 5.41) is 0. The molecule has 2 aromatic carbocycles. The Balaban J connectivity index is 1.76. The minimum atomic E-state index is 0.0673. The number of fused-ring (bicyclic) bond motifs is 1. The van der Waals surface area contributed by atoms with Crippen LogP contribution >= 0.6 is 0 Å². The minimum Gasteiger partial charge on any atom is -0.494 e. The zero-order valence-corrected chi connectivity index (χ0v) is 16.5. The lowest BCUT2D eigenvalue weighted by Crippen LogP contribution is -2.36. The fraction of sp³-hybridized carbons (Fsp3) is 0.435. The van der Waals surface area contributed by atoms with Gasteiger partial charge in [-0.25, -0.2) is 0 Å². The number of carbonyl (C=O) groups is 1. The van der Waals surface area contributed by atoms with Crippen molar-refractivity contribution in [2.24, 2.45) is 5.92 Å². The maximum atomic E-state index is 13.1. The van der Waals surface area contributed by atoms with E-state index in [1.54, 1.807) is 0 Å². The zero-order chi connectivity index (χ0) is 19.2. The SMILES string of the molecule is CCOc1ccc(C(=O)N2CCc3ccccc3C2)cc1COCC(C)C. The number of ether oxygens (including phenoxy) is 2. The molecule has 4 heteroatoms. The number of hydrogen-bond acceptors (Lipinski definition) is 3. The van der Waals surface area contributed by atoms with Crippen LogP contribution in [0.5, 0.6) is 5.75 Å². The Labute approximate surface area is 162 Å². The normalized spacial score (nSPS) is 13.6. The molecule has 1 aliphatic heterocycles. The first-order valence-corrected chi connectivity index (χ1v) is 9.78. The van der Waals surface area contributed by atoms with Crippen LogP contribution in [0.3, 0.4) is 0 Å². The summed E-state index contributed by atoms with van der Waals surface area (Å²) in [4.78, 5) is 15.0. The summed E-state index contributed by atoms with van der Waals surface area (Å²) in [6, 6.07) is 14.0. The first-order valence-electron chi connectivity index (χ1n) is 9.78. The molecule has 2 aromatic rings. The number of hydrogen-bond donors (Lipinski definition) is 0. The van der Waals surface area contributed by atoms with Gasteiger partial charge in [-0.05, 0) is 48.6 Å². The quantitative estimate of drug-likeness (QED) is 0.725. The summed E-state index contributed by atoms with van der Waals surface area (Å²) in [6.07, 6.45) is 0.906. The molecule has 0 aliphatic carbocycles. The predicted molar refractivity (Wildman–Crippen MR) is 107 cm³/mol. The van der Waals surface area contributed by atoms with E-state index in [1.165, 1.54) is 11.1 Å². The summed E-state index contributed by atoms with van der Waals surface area (Å²) in [7, 11) is 0. The Morgan fingerprint density at radius 2 is 1.93 bits per heavy atom. The van der Waals surface area contributed by atoms with Gasteiger partial charge < -0.3 is 14.4 Å². The third-order valence-electron chi connectivity index (χ3n) is 4.73. The zero-order valence-electron chi connectivity index (χ0n) is 16.5. The summed E-state index contributed by atoms with van der Waals surface area (Å²) < 4.78 is 11.5. The Morgan fingerprint density at radius 3 is 2.67 bits per heavy atom. The summed E-state index contributed by atoms with van der Waals surface area (Å²) >= 11 is 0. The van der Waals surface area contributed by atoms with Crippen molar-refractivity contribution in [3.63, 3.8) is 0 Å². The van der Waals surface area contributed by atoms with Crippen molar-refractivity contribution in [1.29, 1.82) is 0 Å². The van der Waals surface area contributed by atoms with Crippen LogP contribution in [0, 0.1) is 5.92 Å². The van der Waals surface area contributed by atoms with E-state index in [1.807, 2.05) is 36.1 Å². The van der Waals surface area contributed by atoms with Crippen molar-refractivity contribution in [2.45, 2.75) is 40.3 Å². The second-order valence-corrected chi connectivity index (χ2v) is 7.41. The van der Waals surface area contributed by atoms with Crippen LogP contribution in [0.1, 0.15) is 47.8 Å². The maximum absolute atomic E-state index is 13.1. The van der Waals surface area contributed by atoms with Crippen molar-refractivity contribution < 1.29 is 14.3 Å². The fourth-order valence-electron chi connectivity index (χ4n) is 3.38. The number of amides is 1. The second-order valence-electron chi connectivity index (χ2n) is 7.41. The van der Waals surface area contributed by atoms with E-state index in [9.17, 15) is 4.79 Å². The third kappa shape index (κ3) is 4.89. The van der Waals surface area contributed by atoms with Crippen molar-refractivity contribution in [3.05, 3.63) is 64.7 Å². The van der Waals surface area contributed by atoms with Crippen LogP contribution in [0.4, 0.5) is 0 Å². The molecule has 0 unspecified atom stereocenters. The lowest BCUT2D eigenvalue weighted by atomic mass is 9.99. The molecule has 0 radical (unpaired) electrons. The van der Waals surface area contributed by atoms with Crippen LogP contribution in [0.2, 0.25) is 0 Å². The molecule has 4 nitrogen and oxygen atoms in total. The average Bonchev–Trinajstić information content (AvgIpc) is 2.68. The first kappa shape index (κ1) is 19.4. The lowest BCUT2D eigenvalue weighted by molar-refractivity contribution is 0.0733. The molecular weight excluding hydrogens is 338 g/mol. The summed E-state index contributed by atoms with van der Waals surface area (Å²) in [5.74, 6) is 1.33. The standard InChI is InChI=1S/C23H29NO3/c1-4-27-22-10-9-19(13-21(22)16-26-15-17(2)3)23(25)24-12-11-18-7-5-6-8-20(18)14-24/h5-10,13,17H,4,11-12,14-16H2,1-3H3. The average molecular weight is 367 g/mol. The van der Waals surface area contributed by atoms with Gasteiger partial charge in [0.2, 0.25) is 0 Å². The molecule has 0 saturated heterocycles. The van der Waals surface area contributed by atoms with Gasteiger partial charge in [-0.1, -0.05) is 38.1 Å². The molecule has 0 N–H and O–H groups in total. The molecule has 0 spiro atoms. The van der Waals surface area contributed by atoms with E-state index in [4.69, 9.17) is 9.47 Å². The molecule has 0 bridgehead atoms. The van der Waals surface area contributed by atoms with Crippen LogP contribution in [0.15, 0.2) is 42.5 Å². The first-order chi connectivity index (χ1) is 13.1. The summed E-state index contributed by atoms with van der Waals surface area (Å²) in [6.45, 7) is 9.36. The van der Waals surface area contributed by atoms with Crippen molar-refractivity contribution >= 4 is 5.91 Å². The van der Waals surface area contributed by atoms with E-state index in [0.717, 1.165) is 24.3 Å². The Bertz CT molecular complexity index is 785. The topological polar surface area (TPSA) is 38.8 Å². The highest BCUT2D eigenvalue weighted by Gasteiger charge is 2.22. The monoisotopic (exact) mass is 367 g/mol. The molecule has 1 aliphatic rings. The second kappa shape index (κ2) is 9.05. The van der Waals surface area contributed by atoms with Gasteiger partial charge in [0.05, 0.1) is 13.2 Å². The summed E-state index contributed by atoms with van der Waals surface area (Å²) in [5.41, 5.74) is 4.21. The van der Waals surface area contributed by atoms with Gasteiger partial charge in [-0.15, -0.1) is 0 Å². The van der Waals surface area contributed by atoms with Gasteiger partial charge in [-0.2, -0.15) is 0 Å². The highest BCUT2D eigenvalue weighted by molar-refractivity contribution is 5.94. The number of rotatable bonds is 7. The van der Waals surface area contributed by atoms with Crippen LogP contribution in [0.25, 0.3) is 0 Å². The maximum Gasteiger partial charge on any atom is 0.254 e. The highest BCUT2D eigenvalue weighted by Crippen LogP contribution is 2.25. The molecule has 0 saturated carbocycles. The van der Waals surface area contributed by atoms with Gasteiger partial charge in [0.1, 0.15) is 5.75 Å². The molecule has 0 fully saturated rings. The Morgan fingerprint density at radius 1 is 1.15 bits per heavy atom. The van der Waals surface area contributed by atoms with Crippen molar-refractivity contribution in [1.82, 2.24) is 4.90 Å². The largest absolute Gasteiger partial charge is 0.494 e. The van der Waals surface area contributed by atoms with Gasteiger partial charge in [-0.3, -0.25) is 4.79 Å².